The van der Waals surface area contributed by atoms with Crippen molar-refractivity contribution in [3.8, 4) is 0 Å². The first-order valence-corrected chi connectivity index (χ1v) is 13.8. The summed E-state index contributed by atoms with van der Waals surface area (Å²) in [6.45, 7) is 5.87. The monoisotopic (exact) mass is 551 g/mol. The number of aryl methyl sites for hydroxylation is 1. The number of amides is 1. The SMILES string of the molecule is CCOC(=O)c1c(NC(=O)c2sc3ccccc3c2Cc2ccc(C)cc2)sc(C(=O)OCCOC)c1C. The lowest BCUT2D eigenvalue weighted by atomic mass is 10.0. The molecule has 198 valence electrons. The predicted molar refractivity (Wildman–Crippen MR) is 151 cm³/mol. The van der Waals surface area contributed by atoms with E-state index in [0.717, 1.165) is 38.1 Å². The lowest BCUT2D eigenvalue weighted by molar-refractivity contribution is 0.0392. The van der Waals surface area contributed by atoms with Crippen molar-refractivity contribution in [1.82, 2.24) is 0 Å². The molecule has 0 bridgehead atoms. The Balaban J connectivity index is 1.71. The van der Waals surface area contributed by atoms with E-state index in [1.807, 2.05) is 31.2 Å². The Bertz CT molecular complexity index is 1470. The summed E-state index contributed by atoms with van der Waals surface area (Å²) in [5.74, 6) is -1.54. The zero-order valence-electron chi connectivity index (χ0n) is 21.7. The van der Waals surface area contributed by atoms with Gasteiger partial charge in [0.15, 0.2) is 0 Å². The van der Waals surface area contributed by atoms with E-state index in [1.165, 1.54) is 18.4 Å². The number of fused-ring (bicyclic) bond motifs is 1. The highest BCUT2D eigenvalue weighted by Gasteiger charge is 2.29. The van der Waals surface area contributed by atoms with Gasteiger partial charge in [-0.1, -0.05) is 48.0 Å². The molecule has 0 atom stereocenters. The minimum atomic E-state index is -0.608. The summed E-state index contributed by atoms with van der Waals surface area (Å²) in [6.07, 6.45) is 0.582. The number of rotatable bonds is 10. The van der Waals surface area contributed by atoms with Crippen LogP contribution in [0.3, 0.4) is 0 Å². The molecule has 2 aromatic carbocycles. The summed E-state index contributed by atoms with van der Waals surface area (Å²) in [5.41, 5.74) is 3.73. The van der Waals surface area contributed by atoms with Crippen LogP contribution in [0.25, 0.3) is 10.1 Å². The van der Waals surface area contributed by atoms with E-state index in [0.29, 0.717) is 16.9 Å². The molecule has 2 aromatic heterocycles. The number of benzene rings is 2. The number of thiophene rings is 2. The molecule has 38 heavy (non-hydrogen) atoms. The first kappa shape index (κ1) is 27.5. The molecule has 0 saturated carbocycles. The van der Waals surface area contributed by atoms with Crippen molar-refractivity contribution in [2.75, 3.05) is 32.2 Å². The van der Waals surface area contributed by atoms with Crippen LogP contribution in [-0.4, -0.2) is 44.8 Å². The van der Waals surface area contributed by atoms with Crippen molar-refractivity contribution in [2.45, 2.75) is 27.2 Å². The number of ether oxygens (including phenoxy) is 3. The molecule has 4 aromatic rings. The van der Waals surface area contributed by atoms with Crippen molar-refractivity contribution >= 4 is 55.6 Å². The van der Waals surface area contributed by atoms with Crippen molar-refractivity contribution in [2.24, 2.45) is 0 Å². The minimum Gasteiger partial charge on any atom is -0.462 e. The van der Waals surface area contributed by atoms with Crippen LogP contribution in [0, 0.1) is 13.8 Å². The highest BCUT2D eigenvalue weighted by atomic mass is 32.1. The molecule has 0 fully saturated rings. The smallest absolute Gasteiger partial charge is 0.348 e. The van der Waals surface area contributed by atoms with E-state index in [2.05, 4.69) is 29.6 Å². The third kappa shape index (κ3) is 5.96. The Morgan fingerprint density at radius 2 is 1.61 bits per heavy atom. The molecule has 1 N–H and O–H groups in total. The number of nitrogens with one attached hydrogen (secondary N) is 1. The normalized spacial score (nSPS) is 10.9. The van der Waals surface area contributed by atoms with E-state index < -0.39 is 11.9 Å². The number of hydrogen-bond donors (Lipinski definition) is 1. The number of carbonyl (C=O) groups is 3. The van der Waals surface area contributed by atoms with Crippen LogP contribution in [0.4, 0.5) is 5.00 Å². The molecule has 0 saturated heterocycles. The molecule has 0 radical (unpaired) electrons. The fourth-order valence-corrected chi connectivity index (χ4v) is 6.26. The maximum Gasteiger partial charge on any atom is 0.348 e. The number of carbonyl (C=O) groups excluding carboxylic acids is 3. The van der Waals surface area contributed by atoms with Gasteiger partial charge in [0.05, 0.1) is 23.7 Å². The van der Waals surface area contributed by atoms with Crippen molar-refractivity contribution in [1.29, 1.82) is 0 Å². The standard InChI is InChI=1S/C29H29NO6S2/c1-5-35-28(32)23-18(3)24(29(33)36-15-14-34-4)38-27(23)30-26(31)25-21(16-19-12-10-17(2)11-13-19)20-8-6-7-9-22(20)37-25/h6-13H,5,14-16H2,1-4H3,(H,30,31). The third-order valence-corrected chi connectivity index (χ3v) is 8.36. The summed E-state index contributed by atoms with van der Waals surface area (Å²) in [7, 11) is 1.51. The van der Waals surface area contributed by atoms with E-state index >= 15 is 0 Å². The summed E-state index contributed by atoms with van der Waals surface area (Å²) in [4.78, 5) is 40.0. The molecule has 4 rings (SSSR count). The molecular formula is C29H29NO6S2. The maximum absolute atomic E-state index is 13.7. The maximum atomic E-state index is 13.7. The molecule has 7 nitrogen and oxygen atoms in total. The van der Waals surface area contributed by atoms with Gasteiger partial charge in [-0.15, -0.1) is 22.7 Å². The summed E-state index contributed by atoms with van der Waals surface area (Å²) in [6, 6.07) is 16.1. The van der Waals surface area contributed by atoms with Crippen molar-refractivity contribution in [3.63, 3.8) is 0 Å². The number of esters is 2. The van der Waals surface area contributed by atoms with Crippen LogP contribution in [0.2, 0.25) is 0 Å². The Morgan fingerprint density at radius 1 is 0.868 bits per heavy atom. The van der Waals surface area contributed by atoms with Gasteiger partial charge in [-0.25, -0.2) is 9.59 Å². The molecule has 0 unspecified atom stereocenters. The third-order valence-electron chi connectivity index (χ3n) is 5.97. The molecule has 0 aliphatic rings. The highest BCUT2D eigenvalue weighted by molar-refractivity contribution is 7.21. The van der Waals surface area contributed by atoms with Crippen LogP contribution in [0.15, 0.2) is 48.5 Å². The van der Waals surface area contributed by atoms with Gasteiger partial charge in [-0.3, -0.25) is 4.79 Å². The lowest BCUT2D eigenvalue weighted by Crippen LogP contribution is -2.15. The number of methoxy groups -OCH3 is 1. The van der Waals surface area contributed by atoms with Crippen LogP contribution < -0.4 is 5.32 Å². The molecule has 0 aliphatic heterocycles. The Morgan fingerprint density at radius 3 is 2.32 bits per heavy atom. The average Bonchev–Trinajstić information content (AvgIpc) is 3.43. The lowest BCUT2D eigenvalue weighted by Gasteiger charge is -2.08. The summed E-state index contributed by atoms with van der Waals surface area (Å²) >= 11 is 2.40. The van der Waals surface area contributed by atoms with Gasteiger partial charge in [0.2, 0.25) is 0 Å². The Labute approximate surface area is 229 Å². The van der Waals surface area contributed by atoms with E-state index in [-0.39, 0.29) is 41.2 Å². The Hall–Kier alpha value is -3.53. The Kier molecular flexibility index (Phi) is 8.93. The van der Waals surface area contributed by atoms with Gasteiger partial charge in [0, 0.05) is 11.8 Å². The molecular weight excluding hydrogens is 522 g/mol. The highest BCUT2D eigenvalue weighted by Crippen LogP contribution is 2.37. The van der Waals surface area contributed by atoms with Gasteiger partial charge in [-0.2, -0.15) is 0 Å². The summed E-state index contributed by atoms with van der Waals surface area (Å²) in [5, 5.41) is 4.17. The van der Waals surface area contributed by atoms with E-state index in [1.54, 1.807) is 13.8 Å². The van der Waals surface area contributed by atoms with Crippen molar-refractivity contribution < 1.29 is 28.6 Å². The second-order valence-corrected chi connectivity index (χ2v) is 10.7. The van der Waals surface area contributed by atoms with Gasteiger partial charge in [-0.05, 0) is 55.3 Å². The largest absolute Gasteiger partial charge is 0.462 e. The summed E-state index contributed by atoms with van der Waals surface area (Å²) < 4.78 is 16.4. The second-order valence-electron chi connectivity index (χ2n) is 8.63. The zero-order chi connectivity index (χ0) is 27.2. The van der Waals surface area contributed by atoms with E-state index in [9.17, 15) is 14.4 Å². The number of hydrogen-bond acceptors (Lipinski definition) is 8. The fourth-order valence-electron chi connectivity index (χ4n) is 4.06. The van der Waals surface area contributed by atoms with Crippen LogP contribution in [-0.2, 0) is 20.6 Å². The molecule has 0 spiro atoms. The first-order valence-electron chi connectivity index (χ1n) is 12.2. The van der Waals surface area contributed by atoms with Gasteiger partial charge >= 0.3 is 11.9 Å². The first-order chi connectivity index (χ1) is 18.3. The predicted octanol–water partition coefficient (Wildman–Crippen LogP) is 6.40. The van der Waals surface area contributed by atoms with Gasteiger partial charge in [0.1, 0.15) is 16.5 Å². The number of anilines is 1. The topological polar surface area (TPSA) is 90.9 Å². The van der Waals surface area contributed by atoms with E-state index in [4.69, 9.17) is 14.2 Å². The zero-order valence-corrected chi connectivity index (χ0v) is 23.3. The van der Waals surface area contributed by atoms with Crippen LogP contribution in [0.1, 0.15) is 58.9 Å². The van der Waals surface area contributed by atoms with Crippen LogP contribution in [0.5, 0.6) is 0 Å². The van der Waals surface area contributed by atoms with Crippen molar-refractivity contribution in [3.05, 3.63) is 86.1 Å². The molecule has 1 amide bonds. The molecule has 0 aliphatic carbocycles. The quantitative estimate of drug-likeness (QED) is 0.181. The van der Waals surface area contributed by atoms with Crippen LogP contribution >= 0.6 is 22.7 Å². The average molecular weight is 552 g/mol. The van der Waals surface area contributed by atoms with Gasteiger partial charge < -0.3 is 19.5 Å². The fraction of sp³-hybridized carbons (Fsp3) is 0.276. The second kappa shape index (κ2) is 12.3. The molecule has 2 heterocycles. The molecule has 9 heteroatoms. The van der Waals surface area contributed by atoms with Gasteiger partial charge in [0.25, 0.3) is 5.91 Å². The minimum absolute atomic E-state index is 0.0766.